The Balaban J connectivity index is 1.77. The van der Waals surface area contributed by atoms with E-state index in [0.717, 1.165) is 31.8 Å². The molecular weight excluding hydrogens is 288 g/mol. The van der Waals surface area contributed by atoms with Crippen molar-refractivity contribution in [2.75, 3.05) is 33.4 Å². The largest absolute Gasteiger partial charge is 0.496 e. The summed E-state index contributed by atoms with van der Waals surface area (Å²) in [7, 11) is 1.73. The van der Waals surface area contributed by atoms with Crippen LogP contribution in [0.3, 0.4) is 0 Å². The topological polar surface area (TPSA) is 35.9 Å². The van der Waals surface area contributed by atoms with E-state index in [1.807, 2.05) is 0 Å². The van der Waals surface area contributed by atoms with Gasteiger partial charge in [0.15, 0.2) is 0 Å². The monoisotopic (exact) mass is 318 g/mol. The van der Waals surface area contributed by atoms with E-state index in [9.17, 15) is 5.11 Å². The molecular formula is C19H30N2O2. The lowest BCUT2D eigenvalue weighted by molar-refractivity contribution is 0.0332. The fraction of sp³-hybridized carbons (Fsp3) is 0.684. The van der Waals surface area contributed by atoms with E-state index in [0.29, 0.717) is 12.1 Å². The zero-order chi connectivity index (χ0) is 16.4. The summed E-state index contributed by atoms with van der Waals surface area (Å²) in [6.07, 6.45) is 3.52. The minimum absolute atomic E-state index is 0.278. The Morgan fingerprint density at radius 3 is 2.78 bits per heavy atom. The fourth-order valence-electron chi connectivity index (χ4n) is 4.22. The van der Waals surface area contributed by atoms with E-state index in [1.165, 1.54) is 36.1 Å². The standard InChI is InChI=1S/C19H30N2O2/c1-14-10-19(23-3)15(2)9-16(14)11-21-13-17-5-4-7-20(17)12-18(21)6-8-22/h9-10,17-18,22H,4-8,11-13H2,1-3H3/t17-,18+/m1/s1. The van der Waals surface area contributed by atoms with Crippen molar-refractivity contribution in [3.63, 3.8) is 0 Å². The number of aryl methyl sites for hydroxylation is 2. The molecule has 0 aliphatic carbocycles. The molecule has 2 fully saturated rings. The average molecular weight is 318 g/mol. The molecule has 4 nitrogen and oxygen atoms in total. The number of ether oxygens (including phenoxy) is 1. The molecule has 2 atom stereocenters. The Morgan fingerprint density at radius 2 is 2.04 bits per heavy atom. The number of methoxy groups -OCH3 is 1. The first-order chi connectivity index (χ1) is 11.1. The zero-order valence-electron chi connectivity index (χ0n) is 14.7. The molecule has 23 heavy (non-hydrogen) atoms. The van der Waals surface area contributed by atoms with Crippen molar-refractivity contribution in [1.82, 2.24) is 9.80 Å². The minimum atomic E-state index is 0.278. The molecule has 1 N–H and O–H groups in total. The molecule has 1 aromatic carbocycles. The first-order valence-corrected chi connectivity index (χ1v) is 8.85. The molecule has 3 rings (SSSR count). The molecule has 0 radical (unpaired) electrons. The molecule has 2 saturated heterocycles. The van der Waals surface area contributed by atoms with Crippen molar-refractivity contribution in [2.45, 2.75) is 51.7 Å². The molecule has 2 heterocycles. The van der Waals surface area contributed by atoms with Crippen LogP contribution in [0.25, 0.3) is 0 Å². The van der Waals surface area contributed by atoms with Crippen LogP contribution in [-0.4, -0.2) is 60.3 Å². The van der Waals surface area contributed by atoms with Gasteiger partial charge >= 0.3 is 0 Å². The molecule has 4 heteroatoms. The van der Waals surface area contributed by atoms with Crippen LogP contribution in [0, 0.1) is 13.8 Å². The van der Waals surface area contributed by atoms with Crippen molar-refractivity contribution in [3.8, 4) is 5.75 Å². The number of nitrogens with zero attached hydrogens (tertiary/aromatic N) is 2. The van der Waals surface area contributed by atoms with Gasteiger partial charge in [0.05, 0.1) is 7.11 Å². The maximum Gasteiger partial charge on any atom is 0.122 e. The summed E-state index contributed by atoms with van der Waals surface area (Å²) in [6, 6.07) is 5.60. The summed E-state index contributed by atoms with van der Waals surface area (Å²) >= 11 is 0. The lowest BCUT2D eigenvalue weighted by Gasteiger charge is -2.44. The normalized spacial score (nSPS) is 25.6. The third-order valence-corrected chi connectivity index (χ3v) is 5.60. The molecule has 0 bridgehead atoms. The molecule has 1 aromatic rings. The van der Waals surface area contributed by atoms with Crippen LogP contribution in [0.2, 0.25) is 0 Å². The summed E-state index contributed by atoms with van der Waals surface area (Å²) < 4.78 is 5.43. The van der Waals surface area contributed by atoms with Crippen molar-refractivity contribution in [3.05, 3.63) is 28.8 Å². The lowest BCUT2D eigenvalue weighted by Crippen LogP contribution is -2.55. The van der Waals surface area contributed by atoms with Gasteiger partial charge < -0.3 is 9.84 Å². The Kier molecular flexibility index (Phi) is 5.24. The third-order valence-electron chi connectivity index (χ3n) is 5.60. The van der Waals surface area contributed by atoms with Crippen LogP contribution in [0.1, 0.15) is 36.0 Å². The van der Waals surface area contributed by atoms with Gasteiger partial charge in [0.2, 0.25) is 0 Å². The van der Waals surface area contributed by atoms with Crippen molar-refractivity contribution >= 4 is 0 Å². The summed E-state index contributed by atoms with van der Waals surface area (Å²) in [5.74, 6) is 0.971. The quantitative estimate of drug-likeness (QED) is 0.904. The SMILES string of the molecule is COc1cc(C)c(CN2C[C@H]3CCCN3C[C@@H]2CCO)cc1C. The second-order valence-electron chi connectivity index (χ2n) is 7.13. The maximum atomic E-state index is 9.45. The highest BCUT2D eigenvalue weighted by Crippen LogP contribution is 2.29. The Bertz CT molecular complexity index is 546. The van der Waals surface area contributed by atoms with Crippen LogP contribution in [0.15, 0.2) is 12.1 Å². The zero-order valence-corrected chi connectivity index (χ0v) is 14.7. The van der Waals surface area contributed by atoms with Gasteiger partial charge in [-0.05, 0) is 62.4 Å². The van der Waals surface area contributed by atoms with E-state index in [1.54, 1.807) is 7.11 Å². The molecule has 0 aromatic heterocycles. The number of piperazine rings is 1. The number of aliphatic hydroxyl groups excluding tert-OH is 1. The Hall–Kier alpha value is -1.10. The third kappa shape index (κ3) is 3.54. The molecule has 128 valence electrons. The molecule has 2 aliphatic rings. The second kappa shape index (κ2) is 7.20. The minimum Gasteiger partial charge on any atom is -0.496 e. The number of benzene rings is 1. The van der Waals surface area contributed by atoms with Crippen molar-refractivity contribution in [2.24, 2.45) is 0 Å². The van der Waals surface area contributed by atoms with Crippen LogP contribution in [0.4, 0.5) is 0 Å². The predicted molar refractivity (Wildman–Crippen MR) is 93.0 cm³/mol. The van der Waals surface area contributed by atoms with Crippen molar-refractivity contribution < 1.29 is 9.84 Å². The average Bonchev–Trinajstić information content (AvgIpc) is 2.98. The number of hydrogen-bond donors (Lipinski definition) is 1. The van der Waals surface area contributed by atoms with E-state index < -0.39 is 0 Å². The van der Waals surface area contributed by atoms with Gasteiger partial charge in [0.25, 0.3) is 0 Å². The molecule has 0 saturated carbocycles. The lowest BCUT2D eigenvalue weighted by atomic mass is 10.00. The molecule has 0 spiro atoms. The summed E-state index contributed by atoms with van der Waals surface area (Å²) in [6.45, 7) is 9.02. The van der Waals surface area contributed by atoms with Crippen LogP contribution in [0.5, 0.6) is 5.75 Å². The summed E-state index contributed by atoms with van der Waals surface area (Å²) in [5, 5.41) is 9.45. The highest BCUT2D eigenvalue weighted by molar-refractivity contribution is 5.41. The molecule has 0 amide bonds. The number of aliphatic hydroxyl groups is 1. The van der Waals surface area contributed by atoms with Crippen molar-refractivity contribution in [1.29, 1.82) is 0 Å². The smallest absolute Gasteiger partial charge is 0.122 e. The predicted octanol–water partition coefficient (Wildman–Crippen LogP) is 2.34. The summed E-state index contributed by atoms with van der Waals surface area (Å²) in [5.41, 5.74) is 3.88. The van der Waals surface area contributed by atoms with Gasteiger partial charge in [-0.3, -0.25) is 9.80 Å². The first-order valence-electron chi connectivity index (χ1n) is 8.85. The second-order valence-corrected chi connectivity index (χ2v) is 7.13. The molecule has 0 unspecified atom stereocenters. The Morgan fingerprint density at radius 1 is 1.22 bits per heavy atom. The van der Waals surface area contributed by atoms with E-state index in [2.05, 4.69) is 35.8 Å². The van der Waals surface area contributed by atoms with Crippen LogP contribution < -0.4 is 4.74 Å². The highest BCUT2D eigenvalue weighted by atomic mass is 16.5. The summed E-state index contributed by atoms with van der Waals surface area (Å²) in [4.78, 5) is 5.22. The number of fused-ring (bicyclic) bond motifs is 1. The number of rotatable bonds is 5. The van der Waals surface area contributed by atoms with Gasteiger partial charge in [0.1, 0.15) is 5.75 Å². The van der Waals surface area contributed by atoms with Gasteiger partial charge in [-0.1, -0.05) is 6.07 Å². The van der Waals surface area contributed by atoms with E-state index in [-0.39, 0.29) is 6.61 Å². The van der Waals surface area contributed by atoms with E-state index >= 15 is 0 Å². The Labute approximate surface area is 140 Å². The van der Waals surface area contributed by atoms with Crippen LogP contribution >= 0.6 is 0 Å². The highest BCUT2D eigenvalue weighted by Gasteiger charge is 2.35. The van der Waals surface area contributed by atoms with Gasteiger partial charge in [-0.25, -0.2) is 0 Å². The van der Waals surface area contributed by atoms with Gasteiger partial charge in [0, 0.05) is 38.3 Å². The van der Waals surface area contributed by atoms with Crippen LogP contribution in [-0.2, 0) is 6.54 Å². The fourth-order valence-corrected chi connectivity index (χ4v) is 4.22. The first kappa shape index (κ1) is 16.7. The van der Waals surface area contributed by atoms with Gasteiger partial charge in [-0.15, -0.1) is 0 Å². The van der Waals surface area contributed by atoms with Gasteiger partial charge in [-0.2, -0.15) is 0 Å². The maximum absolute atomic E-state index is 9.45. The molecule has 2 aliphatic heterocycles. The van der Waals surface area contributed by atoms with E-state index in [4.69, 9.17) is 4.74 Å². The number of hydrogen-bond acceptors (Lipinski definition) is 4.